The highest BCUT2D eigenvalue weighted by molar-refractivity contribution is 7.89. The smallest absolute Gasteiger partial charge is 0.257 e. The Kier molecular flexibility index (Phi) is 7.94. The van der Waals surface area contributed by atoms with E-state index >= 15 is 0 Å². The van der Waals surface area contributed by atoms with Crippen LogP contribution < -0.4 is 25.0 Å². The Morgan fingerprint density at radius 2 is 1.64 bits per heavy atom. The van der Waals surface area contributed by atoms with Gasteiger partial charge in [-0.05, 0) is 61.6 Å². The van der Waals surface area contributed by atoms with Crippen molar-refractivity contribution >= 4 is 56.2 Å². The van der Waals surface area contributed by atoms with Gasteiger partial charge in [-0.2, -0.15) is 4.31 Å². The summed E-state index contributed by atoms with van der Waals surface area (Å²) in [4.78, 5) is 15.1. The minimum absolute atomic E-state index is 0.0963. The first-order valence-corrected chi connectivity index (χ1v) is 14.6. The summed E-state index contributed by atoms with van der Waals surface area (Å²) in [5, 5.41) is 6.33. The van der Waals surface area contributed by atoms with E-state index in [-0.39, 0.29) is 10.0 Å². The van der Waals surface area contributed by atoms with Crippen molar-refractivity contribution in [2.45, 2.75) is 11.8 Å². The van der Waals surface area contributed by atoms with Crippen molar-refractivity contribution in [1.82, 2.24) is 9.62 Å². The van der Waals surface area contributed by atoms with E-state index < -0.39 is 15.9 Å². The SMILES string of the molecule is Cc1ccc(S(=O)(=O)N2CCN(c3c(Cl)cccc3NC(=S)NC(=O)c3ccc4c(c3)OCCO4)CC2)cc1. The number of amides is 1. The highest BCUT2D eigenvalue weighted by Crippen LogP contribution is 2.35. The molecule has 3 aromatic carbocycles. The molecule has 3 aromatic rings. The van der Waals surface area contributed by atoms with Crippen molar-refractivity contribution in [3.8, 4) is 11.5 Å². The Morgan fingerprint density at radius 3 is 2.36 bits per heavy atom. The van der Waals surface area contributed by atoms with Crippen molar-refractivity contribution in [2.24, 2.45) is 0 Å². The number of sulfonamides is 1. The number of hydrogen-bond donors (Lipinski definition) is 2. The van der Waals surface area contributed by atoms with E-state index in [9.17, 15) is 13.2 Å². The lowest BCUT2D eigenvalue weighted by Crippen LogP contribution is -2.49. The molecule has 12 heteroatoms. The predicted octanol–water partition coefficient (Wildman–Crippen LogP) is 4.06. The molecule has 2 heterocycles. The zero-order valence-corrected chi connectivity index (χ0v) is 23.5. The van der Waals surface area contributed by atoms with Crippen molar-refractivity contribution in [1.29, 1.82) is 0 Å². The maximum atomic E-state index is 13.1. The van der Waals surface area contributed by atoms with Crippen molar-refractivity contribution in [3.63, 3.8) is 0 Å². The standard InChI is InChI=1S/C27H27ClN4O5S2/c1-18-5-8-20(9-6-18)39(34,35)32-13-11-31(12-14-32)25-21(28)3-2-4-22(25)29-27(38)30-26(33)19-7-10-23-24(17-19)37-16-15-36-23/h2-10,17H,11-16H2,1H3,(H2,29,30,33,38). The van der Waals surface area contributed by atoms with E-state index in [0.29, 0.717) is 72.9 Å². The quantitative estimate of drug-likeness (QED) is 0.432. The lowest BCUT2D eigenvalue weighted by atomic mass is 10.2. The number of piperazine rings is 1. The molecular weight excluding hydrogens is 560 g/mol. The lowest BCUT2D eigenvalue weighted by molar-refractivity contribution is 0.0976. The first kappa shape index (κ1) is 27.2. The van der Waals surface area contributed by atoms with Crippen LogP contribution in [0.3, 0.4) is 0 Å². The van der Waals surface area contributed by atoms with Gasteiger partial charge in [0.1, 0.15) is 13.2 Å². The number of carbonyl (C=O) groups excluding carboxylic acids is 1. The molecule has 0 aromatic heterocycles. The Bertz CT molecular complexity index is 1510. The zero-order chi connectivity index (χ0) is 27.6. The average Bonchev–Trinajstić information content (AvgIpc) is 2.93. The summed E-state index contributed by atoms with van der Waals surface area (Å²) in [5.41, 5.74) is 2.66. The number of thiocarbonyl (C=S) groups is 1. The Morgan fingerprint density at radius 1 is 0.949 bits per heavy atom. The van der Waals surface area contributed by atoms with E-state index in [2.05, 4.69) is 10.6 Å². The number of benzene rings is 3. The summed E-state index contributed by atoms with van der Waals surface area (Å²) < 4.78 is 38.8. The molecule has 0 bridgehead atoms. The summed E-state index contributed by atoms with van der Waals surface area (Å²) in [7, 11) is -3.60. The average molecular weight is 587 g/mol. The number of aryl methyl sites for hydroxylation is 1. The molecule has 1 saturated heterocycles. The molecule has 0 unspecified atom stereocenters. The second kappa shape index (κ2) is 11.4. The van der Waals surface area contributed by atoms with Crippen LogP contribution in [0.5, 0.6) is 11.5 Å². The third kappa shape index (κ3) is 5.96. The molecule has 1 fully saturated rings. The topological polar surface area (TPSA) is 100 Å². The minimum Gasteiger partial charge on any atom is -0.486 e. The summed E-state index contributed by atoms with van der Waals surface area (Å²) in [5.74, 6) is 0.699. The van der Waals surface area contributed by atoms with Gasteiger partial charge in [-0.1, -0.05) is 35.4 Å². The van der Waals surface area contributed by atoms with Crippen LogP contribution in [0, 0.1) is 6.92 Å². The van der Waals surface area contributed by atoms with Gasteiger partial charge in [0, 0.05) is 31.7 Å². The first-order valence-electron chi connectivity index (χ1n) is 12.3. The number of hydrogen-bond acceptors (Lipinski definition) is 7. The zero-order valence-electron chi connectivity index (χ0n) is 21.1. The van der Waals surface area contributed by atoms with Crippen LogP contribution in [-0.4, -0.2) is 63.1 Å². The molecule has 0 radical (unpaired) electrons. The summed E-state index contributed by atoms with van der Waals surface area (Å²) in [6, 6.07) is 17.1. The molecule has 39 heavy (non-hydrogen) atoms. The fourth-order valence-electron chi connectivity index (χ4n) is 4.46. The number of ether oxygens (including phenoxy) is 2. The van der Waals surface area contributed by atoms with E-state index in [4.69, 9.17) is 33.3 Å². The molecule has 2 N–H and O–H groups in total. The molecule has 204 valence electrons. The fraction of sp³-hybridized carbons (Fsp3) is 0.259. The number of nitrogens with one attached hydrogen (secondary N) is 2. The van der Waals surface area contributed by atoms with Crippen molar-refractivity contribution in [2.75, 3.05) is 49.6 Å². The highest BCUT2D eigenvalue weighted by Gasteiger charge is 2.30. The number of nitrogens with zero attached hydrogens (tertiary/aromatic N) is 2. The monoisotopic (exact) mass is 586 g/mol. The van der Waals surface area contributed by atoms with Crippen LogP contribution in [0.25, 0.3) is 0 Å². The van der Waals surface area contributed by atoms with E-state index in [1.165, 1.54) is 4.31 Å². The molecule has 2 aliphatic rings. The van der Waals surface area contributed by atoms with Gasteiger partial charge in [0.2, 0.25) is 10.0 Å². The van der Waals surface area contributed by atoms with Crippen LogP contribution >= 0.6 is 23.8 Å². The number of para-hydroxylation sites is 1. The third-order valence-corrected chi connectivity index (χ3v) is 8.90. The molecule has 2 aliphatic heterocycles. The fourth-order valence-corrected chi connectivity index (χ4v) is 6.38. The van der Waals surface area contributed by atoms with E-state index in [0.717, 1.165) is 5.56 Å². The minimum atomic E-state index is -3.60. The Labute approximate surface area is 237 Å². The molecular formula is C27H27ClN4O5S2. The van der Waals surface area contributed by atoms with Crippen LogP contribution in [-0.2, 0) is 10.0 Å². The Balaban J connectivity index is 1.25. The summed E-state index contributed by atoms with van der Waals surface area (Å²) in [6.45, 7) is 4.26. The lowest BCUT2D eigenvalue weighted by Gasteiger charge is -2.36. The van der Waals surface area contributed by atoms with E-state index in [1.807, 2.05) is 11.8 Å². The van der Waals surface area contributed by atoms with Gasteiger partial charge < -0.3 is 19.7 Å². The second-order valence-electron chi connectivity index (χ2n) is 9.11. The van der Waals surface area contributed by atoms with Crippen molar-refractivity contribution in [3.05, 3.63) is 76.8 Å². The molecule has 0 saturated carbocycles. The van der Waals surface area contributed by atoms with Gasteiger partial charge >= 0.3 is 0 Å². The molecule has 0 atom stereocenters. The van der Waals surface area contributed by atoms with Gasteiger partial charge in [0.15, 0.2) is 16.6 Å². The van der Waals surface area contributed by atoms with Gasteiger partial charge in [-0.15, -0.1) is 0 Å². The maximum absolute atomic E-state index is 13.1. The van der Waals surface area contributed by atoms with Gasteiger partial charge in [0.05, 0.1) is 21.3 Å². The van der Waals surface area contributed by atoms with Gasteiger partial charge in [0.25, 0.3) is 5.91 Å². The maximum Gasteiger partial charge on any atom is 0.257 e. The van der Waals surface area contributed by atoms with Gasteiger partial charge in [-0.25, -0.2) is 8.42 Å². The van der Waals surface area contributed by atoms with Crippen molar-refractivity contribution < 1.29 is 22.7 Å². The molecule has 0 spiro atoms. The summed E-state index contributed by atoms with van der Waals surface area (Å²) in [6.07, 6.45) is 0. The third-order valence-electron chi connectivity index (χ3n) is 6.48. The first-order chi connectivity index (χ1) is 18.7. The van der Waals surface area contributed by atoms with Crippen LogP contribution in [0.2, 0.25) is 5.02 Å². The highest BCUT2D eigenvalue weighted by atomic mass is 35.5. The van der Waals surface area contributed by atoms with Gasteiger partial charge in [-0.3, -0.25) is 10.1 Å². The number of fused-ring (bicyclic) bond motifs is 1. The number of rotatable bonds is 5. The molecule has 0 aliphatic carbocycles. The summed E-state index contributed by atoms with van der Waals surface area (Å²) >= 11 is 12.0. The van der Waals surface area contributed by atoms with E-state index in [1.54, 1.807) is 60.7 Å². The Hall–Kier alpha value is -3.38. The normalized spacial score (nSPS) is 15.5. The number of carbonyl (C=O) groups is 1. The number of halogens is 1. The molecule has 1 amide bonds. The van der Waals surface area contributed by atoms with Crippen LogP contribution in [0.4, 0.5) is 11.4 Å². The van der Waals surface area contributed by atoms with Crippen LogP contribution in [0.15, 0.2) is 65.6 Å². The predicted molar refractivity (Wildman–Crippen MR) is 155 cm³/mol. The largest absolute Gasteiger partial charge is 0.486 e. The molecule has 5 rings (SSSR count). The number of anilines is 2. The second-order valence-corrected chi connectivity index (χ2v) is 11.9. The molecule has 9 nitrogen and oxygen atoms in total. The van der Waals surface area contributed by atoms with Crippen LogP contribution in [0.1, 0.15) is 15.9 Å².